The second-order valence-corrected chi connectivity index (χ2v) is 5.22. The van der Waals surface area contributed by atoms with E-state index in [0.717, 1.165) is 3.57 Å². The van der Waals surface area contributed by atoms with Crippen molar-refractivity contribution in [2.75, 3.05) is 6.61 Å². The number of nitro groups is 1. The zero-order valence-corrected chi connectivity index (χ0v) is 12.4. The van der Waals surface area contributed by atoms with E-state index in [9.17, 15) is 14.9 Å². The van der Waals surface area contributed by atoms with Crippen molar-refractivity contribution in [2.45, 2.75) is 0 Å². The number of ketones is 1. The molecule has 0 aliphatic heterocycles. The SMILES string of the molecule is O=C(COc1ccc(I)cc1)c1cccc([N+](=O)[O-])c1. The summed E-state index contributed by atoms with van der Waals surface area (Å²) in [6, 6.07) is 12.9. The van der Waals surface area contributed by atoms with Crippen molar-refractivity contribution in [3.8, 4) is 5.75 Å². The standard InChI is InChI=1S/C14H10INO4/c15-11-4-6-13(7-5-11)20-9-14(17)10-2-1-3-12(8-10)16(18)19/h1-8H,9H2. The average molecular weight is 383 g/mol. The van der Waals surface area contributed by atoms with E-state index in [1.165, 1.54) is 24.3 Å². The molecule has 0 unspecified atom stereocenters. The number of hydrogen-bond donors (Lipinski definition) is 0. The number of rotatable bonds is 5. The molecule has 6 heteroatoms. The fourth-order valence-electron chi connectivity index (χ4n) is 1.56. The maximum absolute atomic E-state index is 11.9. The van der Waals surface area contributed by atoms with Crippen LogP contribution in [0.25, 0.3) is 0 Å². The molecular weight excluding hydrogens is 373 g/mol. The molecule has 0 bridgehead atoms. The lowest BCUT2D eigenvalue weighted by Crippen LogP contribution is -2.11. The highest BCUT2D eigenvalue weighted by Gasteiger charge is 2.12. The van der Waals surface area contributed by atoms with Crippen LogP contribution in [0.4, 0.5) is 5.69 Å². The molecule has 0 aromatic heterocycles. The molecule has 0 heterocycles. The van der Waals surface area contributed by atoms with E-state index >= 15 is 0 Å². The van der Waals surface area contributed by atoms with Crippen molar-refractivity contribution in [2.24, 2.45) is 0 Å². The van der Waals surface area contributed by atoms with Gasteiger partial charge in [-0.2, -0.15) is 0 Å². The molecule has 0 fully saturated rings. The summed E-state index contributed by atoms with van der Waals surface area (Å²) in [5, 5.41) is 10.6. The van der Waals surface area contributed by atoms with Gasteiger partial charge in [0.2, 0.25) is 0 Å². The third-order valence-corrected chi connectivity index (χ3v) is 3.28. The van der Waals surface area contributed by atoms with Gasteiger partial charge in [0.15, 0.2) is 12.4 Å². The van der Waals surface area contributed by atoms with Gasteiger partial charge < -0.3 is 4.74 Å². The number of ether oxygens (including phenoxy) is 1. The zero-order chi connectivity index (χ0) is 14.5. The molecule has 0 radical (unpaired) electrons. The number of Topliss-reactive ketones (excluding diaryl/α,β-unsaturated/α-hetero) is 1. The molecule has 2 aromatic carbocycles. The third kappa shape index (κ3) is 3.77. The van der Waals surface area contributed by atoms with Crippen LogP contribution in [0, 0.1) is 13.7 Å². The Morgan fingerprint density at radius 2 is 1.90 bits per heavy atom. The quantitative estimate of drug-likeness (QED) is 0.343. The van der Waals surface area contributed by atoms with Gasteiger partial charge in [0, 0.05) is 21.3 Å². The molecule has 102 valence electrons. The lowest BCUT2D eigenvalue weighted by Gasteiger charge is -2.05. The van der Waals surface area contributed by atoms with Gasteiger partial charge in [-0.1, -0.05) is 12.1 Å². The first-order valence-corrected chi connectivity index (χ1v) is 6.80. The molecule has 20 heavy (non-hydrogen) atoms. The fraction of sp³-hybridized carbons (Fsp3) is 0.0714. The molecule has 0 amide bonds. The minimum atomic E-state index is -0.531. The first-order valence-electron chi connectivity index (χ1n) is 5.72. The largest absolute Gasteiger partial charge is 0.485 e. The van der Waals surface area contributed by atoms with Crippen LogP contribution in [-0.4, -0.2) is 17.3 Å². The first kappa shape index (κ1) is 14.4. The Balaban J connectivity index is 2.03. The number of carbonyl (C=O) groups is 1. The van der Waals surface area contributed by atoms with Gasteiger partial charge in [-0.3, -0.25) is 14.9 Å². The molecular formula is C14H10INO4. The maximum Gasteiger partial charge on any atom is 0.270 e. The third-order valence-electron chi connectivity index (χ3n) is 2.56. The number of hydrogen-bond acceptors (Lipinski definition) is 4. The number of nitro benzene ring substituents is 1. The average Bonchev–Trinajstić information content (AvgIpc) is 2.46. The van der Waals surface area contributed by atoms with Gasteiger partial charge >= 0.3 is 0 Å². The topological polar surface area (TPSA) is 69.4 Å². The van der Waals surface area contributed by atoms with Gasteiger partial charge in [0.05, 0.1) is 4.92 Å². The van der Waals surface area contributed by atoms with E-state index < -0.39 is 4.92 Å². The molecule has 0 aliphatic carbocycles. The molecule has 0 atom stereocenters. The van der Waals surface area contributed by atoms with Gasteiger partial charge in [-0.05, 0) is 46.9 Å². The van der Waals surface area contributed by atoms with Crippen molar-refractivity contribution in [1.82, 2.24) is 0 Å². The van der Waals surface area contributed by atoms with Crippen LogP contribution < -0.4 is 4.74 Å². The van der Waals surface area contributed by atoms with Crippen LogP contribution in [-0.2, 0) is 0 Å². The summed E-state index contributed by atoms with van der Waals surface area (Å²) in [5.41, 5.74) is 0.162. The molecule has 5 nitrogen and oxygen atoms in total. The van der Waals surface area contributed by atoms with Crippen molar-refractivity contribution in [3.05, 3.63) is 67.8 Å². The normalized spacial score (nSPS) is 10.1. The smallest absolute Gasteiger partial charge is 0.270 e. The fourth-order valence-corrected chi connectivity index (χ4v) is 1.92. The summed E-state index contributed by atoms with van der Waals surface area (Å²) in [6.45, 7) is -0.151. The lowest BCUT2D eigenvalue weighted by atomic mass is 10.1. The Labute approximate surface area is 128 Å². The second-order valence-electron chi connectivity index (χ2n) is 3.97. The van der Waals surface area contributed by atoms with Crippen LogP contribution in [0.5, 0.6) is 5.75 Å². The van der Waals surface area contributed by atoms with Crippen molar-refractivity contribution in [3.63, 3.8) is 0 Å². The number of halogens is 1. The zero-order valence-electron chi connectivity index (χ0n) is 10.3. The summed E-state index contributed by atoms with van der Waals surface area (Å²) < 4.78 is 6.42. The monoisotopic (exact) mass is 383 g/mol. The molecule has 0 saturated heterocycles. The highest BCUT2D eigenvalue weighted by molar-refractivity contribution is 14.1. The molecule has 2 aromatic rings. The van der Waals surface area contributed by atoms with Crippen molar-refractivity contribution in [1.29, 1.82) is 0 Å². The molecule has 0 saturated carbocycles. The summed E-state index contributed by atoms with van der Waals surface area (Å²) in [6.07, 6.45) is 0. The van der Waals surface area contributed by atoms with Gasteiger partial charge in [0.25, 0.3) is 5.69 Å². The van der Waals surface area contributed by atoms with E-state index in [2.05, 4.69) is 22.6 Å². The van der Waals surface area contributed by atoms with Crippen LogP contribution in [0.15, 0.2) is 48.5 Å². The van der Waals surface area contributed by atoms with Gasteiger partial charge in [-0.15, -0.1) is 0 Å². The van der Waals surface area contributed by atoms with Crippen LogP contribution in [0.2, 0.25) is 0 Å². The minimum absolute atomic E-state index is 0.106. The van der Waals surface area contributed by atoms with Gasteiger partial charge in [0.1, 0.15) is 5.75 Å². The van der Waals surface area contributed by atoms with Crippen LogP contribution in [0.3, 0.4) is 0 Å². The van der Waals surface area contributed by atoms with Crippen molar-refractivity contribution >= 4 is 34.1 Å². The van der Waals surface area contributed by atoms with E-state index in [-0.39, 0.29) is 23.6 Å². The highest BCUT2D eigenvalue weighted by atomic mass is 127. The predicted molar refractivity (Wildman–Crippen MR) is 82.1 cm³/mol. The summed E-state index contributed by atoms with van der Waals surface area (Å²) in [5.74, 6) is 0.288. The van der Waals surface area contributed by atoms with E-state index in [0.29, 0.717) is 5.75 Å². The number of nitrogens with zero attached hydrogens (tertiary/aromatic N) is 1. The Morgan fingerprint density at radius 3 is 2.55 bits per heavy atom. The Morgan fingerprint density at radius 1 is 1.20 bits per heavy atom. The molecule has 0 aliphatic rings. The summed E-state index contributed by atoms with van der Waals surface area (Å²) >= 11 is 2.17. The Kier molecular flexibility index (Phi) is 4.67. The lowest BCUT2D eigenvalue weighted by molar-refractivity contribution is -0.384. The summed E-state index contributed by atoms with van der Waals surface area (Å²) in [4.78, 5) is 22.0. The van der Waals surface area contributed by atoms with Crippen molar-refractivity contribution < 1.29 is 14.5 Å². The second kappa shape index (κ2) is 6.47. The molecule has 2 rings (SSSR count). The van der Waals surface area contributed by atoms with E-state index in [4.69, 9.17) is 4.74 Å². The minimum Gasteiger partial charge on any atom is -0.485 e. The van der Waals surface area contributed by atoms with Crippen LogP contribution in [0.1, 0.15) is 10.4 Å². The predicted octanol–water partition coefficient (Wildman–Crippen LogP) is 3.46. The molecule has 0 spiro atoms. The van der Waals surface area contributed by atoms with E-state index in [1.807, 2.05) is 12.1 Å². The number of non-ortho nitro benzene ring substituents is 1. The van der Waals surface area contributed by atoms with Gasteiger partial charge in [-0.25, -0.2) is 0 Å². The summed E-state index contributed by atoms with van der Waals surface area (Å²) in [7, 11) is 0. The molecule has 0 N–H and O–H groups in total. The highest BCUT2D eigenvalue weighted by Crippen LogP contribution is 2.16. The number of carbonyl (C=O) groups excluding carboxylic acids is 1. The van der Waals surface area contributed by atoms with E-state index in [1.54, 1.807) is 12.1 Å². The Bertz CT molecular complexity index is 640. The van der Waals surface area contributed by atoms with Crippen LogP contribution >= 0.6 is 22.6 Å². The maximum atomic E-state index is 11.9. The first-order chi connectivity index (χ1) is 9.56. The number of benzene rings is 2. The Hall–Kier alpha value is -1.96.